The number of sulfonamides is 1. The van der Waals surface area contributed by atoms with Gasteiger partial charge in [-0.1, -0.05) is 105 Å². The molecule has 0 aromatic heterocycles. The molecule has 2 N–H and O–H groups in total. The first-order chi connectivity index (χ1) is 28.4. The summed E-state index contributed by atoms with van der Waals surface area (Å²) in [5.74, 6) is -0.0536. The number of amides is 1. The Morgan fingerprint density at radius 1 is 0.864 bits per heavy atom. The van der Waals surface area contributed by atoms with Gasteiger partial charge in [0.25, 0.3) is 0 Å². The Bertz CT molecular complexity index is 2050. The largest absolute Gasteiger partial charge is 0.493 e. The molecule has 318 valence electrons. The summed E-state index contributed by atoms with van der Waals surface area (Å²) in [5, 5.41) is 14.6. The zero-order valence-corrected chi connectivity index (χ0v) is 35.2. The molecule has 0 radical (unpaired) electrons. The van der Waals surface area contributed by atoms with E-state index in [1.807, 2.05) is 105 Å². The van der Waals surface area contributed by atoms with Crippen LogP contribution in [-0.4, -0.2) is 88.2 Å². The van der Waals surface area contributed by atoms with Crippen LogP contribution in [0.2, 0.25) is 0 Å². The average Bonchev–Trinajstić information content (AvgIpc) is 3.87. The van der Waals surface area contributed by atoms with Gasteiger partial charge in [0.1, 0.15) is 6.10 Å². The molecule has 2 aliphatic rings. The number of nitrogens with zero attached hydrogens (tertiary/aromatic N) is 1. The number of hydrogen-bond acceptors (Lipinski definition) is 12. The highest BCUT2D eigenvalue weighted by Crippen LogP contribution is 2.50. The van der Waals surface area contributed by atoms with Crippen molar-refractivity contribution < 1.29 is 55.6 Å². The molecule has 0 bridgehead atoms. The minimum atomic E-state index is -4.32. The van der Waals surface area contributed by atoms with E-state index in [1.54, 1.807) is 0 Å². The van der Waals surface area contributed by atoms with E-state index in [0.29, 0.717) is 13.0 Å². The number of methoxy groups -OCH3 is 1. The van der Waals surface area contributed by atoms with Gasteiger partial charge >= 0.3 is 13.7 Å². The summed E-state index contributed by atoms with van der Waals surface area (Å²) in [5.41, 5.74) is 2.36. The second-order valence-corrected chi connectivity index (χ2v) is 18.8. The van der Waals surface area contributed by atoms with Crippen LogP contribution in [0.15, 0.2) is 114 Å². The van der Waals surface area contributed by atoms with E-state index in [0.717, 1.165) is 16.7 Å². The van der Waals surface area contributed by atoms with E-state index < -0.39 is 54.6 Å². The Kier molecular flexibility index (Phi) is 15.6. The quantitative estimate of drug-likeness (QED) is 0.0847. The van der Waals surface area contributed by atoms with Gasteiger partial charge in [0.15, 0.2) is 24.1 Å². The minimum Gasteiger partial charge on any atom is -0.493 e. The molecule has 0 spiro atoms. The standard InChI is InChI=1S/C43H53N2O12PS/c1-31(2)25-45(26-38(46)37(23-32-13-7-4-8-14-32)44-43(47)57-41-29-53-42-36(41)21-22-52-42)59(49,50)35-19-20-39(51-3)40(24-35)54-30-58(48,55-27-33-15-9-5-10-16-33)56-28-34-17-11-6-12-18-34/h4-20,24,31,36-38,41-42,46H,21-23,25-30H2,1-3H3,(H,44,47)/t36-,37-,38+,41-,42+/m0/s1. The zero-order valence-electron chi connectivity index (χ0n) is 33.5. The summed E-state index contributed by atoms with van der Waals surface area (Å²) < 4.78 is 84.5. The highest BCUT2D eigenvalue weighted by atomic mass is 32.2. The molecule has 2 aliphatic heterocycles. The first kappa shape index (κ1) is 44.2. The second kappa shape index (κ2) is 20.8. The molecule has 1 amide bonds. The van der Waals surface area contributed by atoms with Crippen molar-refractivity contribution >= 4 is 23.7 Å². The molecule has 0 saturated carbocycles. The van der Waals surface area contributed by atoms with E-state index in [9.17, 15) is 22.9 Å². The second-order valence-electron chi connectivity index (χ2n) is 14.9. The minimum absolute atomic E-state index is 0.0115. The number of benzene rings is 4. The molecule has 59 heavy (non-hydrogen) atoms. The Labute approximate surface area is 346 Å². The maximum atomic E-state index is 14.5. The number of rotatable bonds is 21. The summed E-state index contributed by atoms with van der Waals surface area (Å²) in [6.45, 7) is 4.09. The zero-order chi connectivity index (χ0) is 41.8. The SMILES string of the molecule is COc1ccc(S(=O)(=O)N(CC(C)C)C[C@@H](O)[C@H](Cc2ccccc2)NC(=O)O[C@H]2CO[C@H]3OCC[C@H]32)cc1OCP(=O)(OCc1ccccc1)OCc1ccccc1. The van der Waals surface area contributed by atoms with Gasteiger partial charge in [0.05, 0.1) is 56.5 Å². The number of ether oxygens (including phenoxy) is 5. The normalized spacial score (nSPS) is 19.0. The third-order valence-corrected chi connectivity index (χ3v) is 13.3. The molecule has 2 saturated heterocycles. The number of nitrogens with one attached hydrogen (secondary N) is 1. The predicted molar refractivity (Wildman–Crippen MR) is 219 cm³/mol. The van der Waals surface area contributed by atoms with E-state index >= 15 is 0 Å². The van der Waals surface area contributed by atoms with Crippen molar-refractivity contribution in [3.05, 3.63) is 126 Å². The summed E-state index contributed by atoms with van der Waals surface area (Å²) in [4.78, 5) is 13.1. The molecule has 0 aliphatic carbocycles. The van der Waals surface area contributed by atoms with E-state index in [4.69, 9.17) is 32.7 Å². The van der Waals surface area contributed by atoms with Crippen molar-refractivity contribution in [2.45, 2.75) is 69.3 Å². The van der Waals surface area contributed by atoms with Crippen LogP contribution < -0.4 is 14.8 Å². The first-order valence-electron chi connectivity index (χ1n) is 19.6. The lowest BCUT2D eigenvalue weighted by Crippen LogP contribution is -2.51. The van der Waals surface area contributed by atoms with Crippen LogP contribution in [0.25, 0.3) is 0 Å². The lowest BCUT2D eigenvalue weighted by Gasteiger charge is -2.31. The van der Waals surface area contributed by atoms with Gasteiger partial charge in [0.2, 0.25) is 10.0 Å². The predicted octanol–water partition coefficient (Wildman–Crippen LogP) is 6.76. The van der Waals surface area contributed by atoms with Crippen molar-refractivity contribution in [3.63, 3.8) is 0 Å². The lowest BCUT2D eigenvalue weighted by molar-refractivity contribution is -0.0907. The van der Waals surface area contributed by atoms with Crippen LogP contribution in [-0.2, 0) is 57.5 Å². The van der Waals surface area contributed by atoms with Gasteiger partial charge in [-0.15, -0.1) is 0 Å². The smallest absolute Gasteiger partial charge is 0.407 e. The van der Waals surface area contributed by atoms with Gasteiger partial charge in [-0.25, -0.2) is 13.2 Å². The molecule has 4 aromatic rings. The molecule has 2 fully saturated rings. The highest BCUT2D eigenvalue weighted by molar-refractivity contribution is 7.89. The topological polar surface area (TPSA) is 168 Å². The molecule has 14 nitrogen and oxygen atoms in total. The van der Waals surface area contributed by atoms with Crippen LogP contribution in [0.1, 0.15) is 37.0 Å². The molecular formula is C43H53N2O12PS. The fourth-order valence-electron chi connectivity index (χ4n) is 6.87. The number of alkyl carbamates (subject to hydrolysis) is 1. The van der Waals surface area contributed by atoms with E-state index in [-0.39, 0.29) is 67.6 Å². The number of aliphatic hydroxyl groups excluding tert-OH is 1. The van der Waals surface area contributed by atoms with Crippen molar-refractivity contribution in [1.29, 1.82) is 0 Å². The van der Waals surface area contributed by atoms with Gasteiger partial charge in [-0.3, -0.25) is 4.57 Å². The third-order valence-electron chi connectivity index (χ3n) is 9.96. The maximum absolute atomic E-state index is 14.5. The lowest BCUT2D eigenvalue weighted by atomic mass is 10.0. The monoisotopic (exact) mass is 852 g/mol. The van der Waals surface area contributed by atoms with Crippen molar-refractivity contribution in [3.8, 4) is 11.5 Å². The fraction of sp³-hybridized carbons (Fsp3) is 0.419. The van der Waals surface area contributed by atoms with Crippen molar-refractivity contribution in [2.75, 3.05) is 39.8 Å². The Morgan fingerprint density at radius 2 is 1.47 bits per heavy atom. The molecule has 6 rings (SSSR count). The number of hydrogen-bond donors (Lipinski definition) is 2. The van der Waals surface area contributed by atoms with Crippen LogP contribution in [0, 0.1) is 11.8 Å². The third kappa shape index (κ3) is 12.4. The van der Waals surface area contributed by atoms with Crippen LogP contribution in [0.4, 0.5) is 4.79 Å². The fourth-order valence-corrected chi connectivity index (χ4v) is 9.72. The summed E-state index contributed by atoms with van der Waals surface area (Å²) in [7, 11) is -6.87. The summed E-state index contributed by atoms with van der Waals surface area (Å²) >= 11 is 0. The van der Waals surface area contributed by atoms with Crippen molar-refractivity contribution in [1.82, 2.24) is 9.62 Å². The summed E-state index contributed by atoms with van der Waals surface area (Å²) in [6, 6.07) is 30.8. The van der Waals surface area contributed by atoms with Gasteiger partial charge in [-0.05, 0) is 47.6 Å². The first-order valence-corrected chi connectivity index (χ1v) is 22.8. The molecule has 16 heteroatoms. The number of aliphatic hydroxyl groups is 1. The van der Waals surface area contributed by atoms with Crippen LogP contribution in [0.5, 0.6) is 11.5 Å². The van der Waals surface area contributed by atoms with Crippen LogP contribution >= 0.6 is 7.60 Å². The molecular weight excluding hydrogens is 800 g/mol. The van der Waals surface area contributed by atoms with Crippen molar-refractivity contribution in [2.24, 2.45) is 11.8 Å². The van der Waals surface area contributed by atoms with Gasteiger partial charge < -0.3 is 43.2 Å². The number of carbonyl (C=O) groups is 1. The van der Waals surface area contributed by atoms with Gasteiger partial charge in [0, 0.05) is 19.2 Å². The molecule has 5 atom stereocenters. The highest BCUT2D eigenvalue weighted by Gasteiger charge is 2.44. The molecule has 0 unspecified atom stereocenters. The van der Waals surface area contributed by atoms with Gasteiger partial charge in [-0.2, -0.15) is 4.31 Å². The molecule has 2 heterocycles. The maximum Gasteiger partial charge on any atom is 0.407 e. The molecule has 4 aromatic carbocycles. The van der Waals surface area contributed by atoms with E-state index in [1.165, 1.54) is 29.6 Å². The van der Waals surface area contributed by atoms with Crippen LogP contribution in [0.3, 0.4) is 0 Å². The average molecular weight is 853 g/mol. The number of fused-ring (bicyclic) bond motifs is 1. The summed E-state index contributed by atoms with van der Waals surface area (Å²) in [6.07, 6.45) is -2.69. The van der Waals surface area contributed by atoms with E-state index in [2.05, 4.69) is 5.32 Å². The Hall–Kier alpha value is -4.31. The number of carbonyl (C=O) groups excluding carboxylic acids is 1. The Balaban J connectivity index is 1.20. The Morgan fingerprint density at radius 3 is 2.07 bits per heavy atom.